The Morgan fingerprint density at radius 3 is 2.65 bits per heavy atom. The van der Waals surface area contributed by atoms with E-state index >= 15 is 0 Å². The van der Waals surface area contributed by atoms with Gasteiger partial charge in [0.1, 0.15) is 17.1 Å². The number of pyridine rings is 1. The van der Waals surface area contributed by atoms with Crippen molar-refractivity contribution in [2.45, 2.75) is 27.3 Å². The van der Waals surface area contributed by atoms with Crippen molar-refractivity contribution in [3.63, 3.8) is 0 Å². The number of hydrogen-bond donors (Lipinski definition) is 0. The first-order valence-electron chi connectivity index (χ1n) is 6.49. The molecule has 0 aromatic carbocycles. The van der Waals surface area contributed by atoms with E-state index < -0.39 is 0 Å². The Morgan fingerprint density at radius 2 is 2.05 bits per heavy atom. The molecule has 0 saturated heterocycles. The van der Waals surface area contributed by atoms with Gasteiger partial charge in [0.2, 0.25) is 0 Å². The molecule has 0 unspecified atom stereocenters. The van der Waals surface area contributed by atoms with Crippen LogP contribution in [0.25, 0.3) is 23.0 Å². The molecule has 3 heterocycles. The highest BCUT2D eigenvalue weighted by molar-refractivity contribution is 5.57. The van der Waals surface area contributed by atoms with Crippen LogP contribution < -0.4 is 0 Å². The summed E-state index contributed by atoms with van der Waals surface area (Å²) in [6.07, 6.45) is 1.73. The molecule has 0 aliphatic heterocycles. The van der Waals surface area contributed by atoms with E-state index in [4.69, 9.17) is 4.42 Å². The molecule has 0 atom stereocenters. The average molecular weight is 269 g/mol. The zero-order valence-electron chi connectivity index (χ0n) is 11.7. The van der Waals surface area contributed by atoms with Gasteiger partial charge in [-0.15, -0.1) is 5.10 Å². The number of nitrogens with zero attached hydrogens (tertiary/aromatic N) is 5. The molecule has 3 aromatic heterocycles. The molecule has 3 aromatic rings. The Balaban J connectivity index is 2.13. The van der Waals surface area contributed by atoms with Crippen LogP contribution in [0.5, 0.6) is 0 Å². The summed E-state index contributed by atoms with van der Waals surface area (Å²) in [5.41, 5.74) is 1.48. The molecule has 0 amide bonds. The Bertz CT molecular complexity index is 729. The van der Waals surface area contributed by atoms with Gasteiger partial charge in [-0.1, -0.05) is 6.07 Å². The lowest BCUT2D eigenvalue weighted by molar-refractivity contribution is 0.494. The van der Waals surface area contributed by atoms with Gasteiger partial charge in [-0.05, 0) is 26.0 Å². The molecular formula is C14H15N5O. The Labute approximate surface area is 116 Å². The molecular weight excluding hydrogens is 254 g/mol. The average Bonchev–Trinajstić information content (AvgIpc) is 3.02. The van der Waals surface area contributed by atoms with Gasteiger partial charge in [0.25, 0.3) is 0 Å². The molecule has 3 rings (SSSR count). The van der Waals surface area contributed by atoms with E-state index in [1.54, 1.807) is 6.20 Å². The fourth-order valence-corrected chi connectivity index (χ4v) is 2.08. The third-order valence-corrected chi connectivity index (χ3v) is 2.98. The Hall–Kier alpha value is -2.50. The molecule has 0 spiro atoms. The number of hydrogen-bond acceptors (Lipinski definition) is 5. The number of rotatable bonds is 3. The Morgan fingerprint density at radius 1 is 1.20 bits per heavy atom. The summed E-state index contributed by atoms with van der Waals surface area (Å²) in [5, 5.41) is 4.49. The zero-order chi connectivity index (χ0) is 14.1. The van der Waals surface area contributed by atoms with Gasteiger partial charge >= 0.3 is 0 Å². The second-order valence-corrected chi connectivity index (χ2v) is 4.43. The highest BCUT2D eigenvalue weighted by Gasteiger charge is 2.18. The predicted octanol–water partition coefficient (Wildman–Crippen LogP) is 2.63. The Kier molecular flexibility index (Phi) is 3.06. The second-order valence-electron chi connectivity index (χ2n) is 4.43. The van der Waals surface area contributed by atoms with Crippen molar-refractivity contribution in [3.8, 4) is 23.0 Å². The number of aromatic nitrogens is 5. The van der Waals surface area contributed by atoms with E-state index in [1.165, 1.54) is 0 Å². The topological polar surface area (TPSA) is 69.6 Å². The lowest BCUT2D eigenvalue weighted by atomic mass is 10.3. The van der Waals surface area contributed by atoms with E-state index in [0.717, 1.165) is 17.1 Å². The van der Waals surface area contributed by atoms with Crippen LogP contribution in [0.4, 0.5) is 0 Å². The minimum absolute atomic E-state index is 0.600. The molecule has 6 heteroatoms. The van der Waals surface area contributed by atoms with Crippen LogP contribution >= 0.6 is 0 Å². The summed E-state index contributed by atoms with van der Waals surface area (Å²) in [4.78, 5) is 13.2. The second kappa shape index (κ2) is 4.88. The maximum absolute atomic E-state index is 5.48. The summed E-state index contributed by atoms with van der Waals surface area (Å²) >= 11 is 0. The molecule has 0 saturated carbocycles. The normalized spacial score (nSPS) is 10.9. The monoisotopic (exact) mass is 269 g/mol. The maximum atomic E-state index is 5.48. The zero-order valence-corrected chi connectivity index (χ0v) is 11.7. The fraction of sp³-hybridized carbons (Fsp3) is 0.286. The first-order chi connectivity index (χ1) is 9.69. The summed E-state index contributed by atoms with van der Waals surface area (Å²) < 4.78 is 7.29. The van der Waals surface area contributed by atoms with Crippen LogP contribution in [-0.2, 0) is 6.54 Å². The van der Waals surface area contributed by atoms with Crippen molar-refractivity contribution in [2.75, 3.05) is 0 Å². The minimum Gasteiger partial charge on any atom is -0.446 e. The number of aryl methyl sites for hydroxylation is 3. The van der Waals surface area contributed by atoms with Gasteiger partial charge in [-0.25, -0.2) is 14.6 Å². The largest absolute Gasteiger partial charge is 0.446 e. The molecule has 102 valence electrons. The SMILES string of the molecule is CCn1nc(-c2ccccn2)nc1-c1nc(C)oc1C. The van der Waals surface area contributed by atoms with E-state index in [9.17, 15) is 0 Å². The molecule has 0 bridgehead atoms. The highest BCUT2D eigenvalue weighted by atomic mass is 16.4. The molecule has 0 aliphatic rings. The van der Waals surface area contributed by atoms with Gasteiger partial charge in [0.05, 0.1) is 0 Å². The molecule has 6 nitrogen and oxygen atoms in total. The van der Waals surface area contributed by atoms with Crippen molar-refractivity contribution in [1.29, 1.82) is 0 Å². The molecule has 0 radical (unpaired) electrons. The van der Waals surface area contributed by atoms with Crippen LogP contribution in [0, 0.1) is 13.8 Å². The quantitative estimate of drug-likeness (QED) is 0.731. The first-order valence-corrected chi connectivity index (χ1v) is 6.49. The van der Waals surface area contributed by atoms with E-state index in [-0.39, 0.29) is 0 Å². The van der Waals surface area contributed by atoms with Crippen molar-refractivity contribution in [2.24, 2.45) is 0 Å². The van der Waals surface area contributed by atoms with Crippen LogP contribution in [-0.4, -0.2) is 24.7 Å². The summed E-state index contributed by atoms with van der Waals surface area (Å²) in [7, 11) is 0. The van der Waals surface area contributed by atoms with Gasteiger partial charge in [-0.3, -0.25) is 4.98 Å². The van der Waals surface area contributed by atoms with E-state index in [2.05, 4.69) is 20.1 Å². The summed E-state index contributed by atoms with van der Waals surface area (Å²) in [5.74, 6) is 2.68. The van der Waals surface area contributed by atoms with Crippen LogP contribution in [0.1, 0.15) is 18.6 Å². The van der Waals surface area contributed by atoms with Crippen molar-refractivity contribution < 1.29 is 4.42 Å². The molecule has 20 heavy (non-hydrogen) atoms. The lowest BCUT2D eigenvalue weighted by Gasteiger charge is -1.98. The number of oxazole rings is 1. The van der Waals surface area contributed by atoms with Gasteiger partial charge in [-0.2, -0.15) is 0 Å². The predicted molar refractivity (Wildman–Crippen MR) is 73.9 cm³/mol. The van der Waals surface area contributed by atoms with Gasteiger partial charge in [0, 0.05) is 19.7 Å². The highest BCUT2D eigenvalue weighted by Crippen LogP contribution is 2.24. The lowest BCUT2D eigenvalue weighted by Crippen LogP contribution is -2.00. The van der Waals surface area contributed by atoms with E-state index in [0.29, 0.717) is 24.1 Å². The van der Waals surface area contributed by atoms with Gasteiger partial charge < -0.3 is 4.42 Å². The van der Waals surface area contributed by atoms with E-state index in [1.807, 2.05) is 43.7 Å². The third kappa shape index (κ3) is 2.09. The summed E-state index contributed by atoms with van der Waals surface area (Å²) in [6, 6.07) is 5.67. The third-order valence-electron chi connectivity index (χ3n) is 2.98. The molecule has 0 fully saturated rings. The molecule has 0 aliphatic carbocycles. The van der Waals surface area contributed by atoms with Crippen LogP contribution in [0.3, 0.4) is 0 Å². The fourth-order valence-electron chi connectivity index (χ4n) is 2.08. The van der Waals surface area contributed by atoms with Crippen molar-refractivity contribution >= 4 is 0 Å². The van der Waals surface area contributed by atoms with Crippen molar-refractivity contribution in [3.05, 3.63) is 36.0 Å². The maximum Gasteiger partial charge on any atom is 0.200 e. The summed E-state index contributed by atoms with van der Waals surface area (Å²) in [6.45, 7) is 6.43. The standard InChI is InChI=1S/C14H15N5O/c1-4-19-14(12-9(2)20-10(3)16-12)17-13(18-19)11-7-5-6-8-15-11/h5-8H,4H2,1-3H3. The van der Waals surface area contributed by atoms with Gasteiger partial charge in [0.15, 0.2) is 17.5 Å². The minimum atomic E-state index is 0.600. The van der Waals surface area contributed by atoms with Crippen LogP contribution in [0.2, 0.25) is 0 Å². The van der Waals surface area contributed by atoms with Crippen molar-refractivity contribution in [1.82, 2.24) is 24.7 Å². The smallest absolute Gasteiger partial charge is 0.200 e. The van der Waals surface area contributed by atoms with Crippen LogP contribution in [0.15, 0.2) is 28.8 Å². The first kappa shape index (κ1) is 12.5. The molecule has 0 N–H and O–H groups in total.